The predicted molar refractivity (Wildman–Crippen MR) is 92.8 cm³/mol. The van der Waals surface area contributed by atoms with Crippen LogP contribution in [0.5, 0.6) is 0 Å². The molecule has 86 valence electrons. The monoisotopic (exact) mass is 553 g/mol. The molecule has 0 radical (unpaired) electrons. The Morgan fingerprint density at radius 1 is 1.38 bits per heavy atom. The highest BCUT2D eigenvalue weighted by Crippen LogP contribution is 2.30. The van der Waals surface area contributed by atoms with Gasteiger partial charge in [-0.25, -0.2) is 0 Å². The van der Waals surface area contributed by atoms with Crippen molar-refractivity contribution < 1.29 is 4.79 Å². The lowest BCUT2D eigenvalue weighted by Crippen LogP contribution is -2.30. The van der Waals surface area contributed by atoms with E-state index in [4.69, 9.17) is 0 Å². The molecule has 16 heavy (non-hydrogen) atoms. The fourth-order valence-electron chi connectivity index (χ4n) is 1.30. The molecular formula is C11H10I3NO. The average Bonchev–Trinajstić information content (AvgIpc) is 2.14. The van der Waals surface area contributed by atoms with Crippen LogP contribution in [-0.2, 0) is 4.79 Å². The third-order valence-corrected chi connectivity index (χ3v) is 4.21. The maximum Gasteiger partial charge on any atom is 0.224 e. The van der Waals surface area contributed by atoms with Gasteiger partial charge in [0.05, 0.1) is 5.69 Å². The standard InChI is InChI=1S/C11H10I3NO/c1-3-4-15(7(2)16)11-9(13)5-8(12)6-10(11)14/h3,5-6H,1,4H2,2H3. The molecule has 1 aromatic carbocycles. The molecule has 0 atom stereocenters. The second-order valence-electron chi connectivity index (χ2n) is 3.14. The molecule has 0 N–H and O–H groups in total. The van der Waals surface area contributed by atoms with E-state index >= 15 is 0 Å². The number of hydrogen-bond acceptors (Lipinski definition) is 1. The van der Waals surface area contributed by atoms with Crippen molar-refractivity contribution in [1.29, 1.82) is 0 Å². The number of nitrogens with zero attached hydrogens (tertiary/aromatic N) is 1. The first-order valence-corrected chi connectivity index (χ1v) is 7.74. The van der Waals surface area contributed by atoms with Crippen molar-refractivity contribution in [3.63, 3.8) is 0 Å². The molecule has 0 aliphatic rings. The average molecular weight is 553 g/mol. The highest BCUT2D eigenvalue weighted by Gasteiger charge is 2.16. The number of carbonyl (C=O) groups is 1. The van der Waals surface area contributed by atoms with Gasteiger partial charge in [0.2, 0.25) is 5.91 Å². The van der Waals surface area contributed by atoms with Crippen molar-refractivity contribution in [2.75, 3.05) is 11.4 Å². The third kappa shape index (κ3) is 3.56. The quantitative estimate of drug-likeness (QED) is 0.410. The smallest absolute Gasteiger partial charge is 0.224 e. The Labute approximate surface area is 136 Å². The van der Waals surface area contributed by atoms with Gasteiger partial charge in [0.1, 0.15) is 0 Å². The first-order chi connectivity index (χ1) is 7.47. The largest absolute Gasteiger partial charge is 0.307 e. The third-order valence-electron chi connectivity index (χ3n) is 1.94. The summed E-state index contributed by atoms with van der Waals surface area (Å²) in [6.45, 7) is 5.81. The van der Waals surface area contributed by atoms with Crippen molar-refractivity contribution >= 4 is 79.4 Å². The van der Waals surface area contributed by atoms with E-state index in [0.29, 0.717) is 6.54 Å². The van der Waals surface area contributed by atoms with Crippen LogP contribution in [0.1, 0.15) is 6.92 Å². The van der Waals surface area contributed by atoms with Crippen LogP contribution >= 0.6 is 67.8 Å². The van der Waals surface area contributed by atoms with E-state index in [1.54, 1.807) is 17.9 Å². The lowest BCUT2D eigenvalue weighted by molar-refractivity contribution is -0.116. The van der Waals surface area contributed by atoms with Gasteiger partial charge in [0.25, 0.3) is 0 Å². The van der Waals surface area contributed by atoms with Gasteiger partial charge in [-0.15, -0.1) is 6.58 Å². The summed E-state index contributed by atoms with van der Waals surface area (Å²) in [5.41, 5.74) is 0.981. The summed E-state index contributed by atoms with van der Waals surface area (Å²) < 4.78 is 3.36. The van der Waals surface area contributed by atoms with Crippen molar-refractivity contribution in [2.45, 2.75) is 6.92 Å². The summed E-state index contributed by atoms with van der Waals surface area (Å²) >= 11 is 6.80. The fraction of sp³-hybridized carbons (Fsp3) is 0.182. The summed E-state index contributed by atoms with van der Waals surface area (Å²) in [6.07, 6.45) is 1.74. The first-order valence-electron chi connectivity index (χ1n) is 4.51. The molecule has 0 spiro atoms. The molecule has 0 saturated heterocycles. The Balaban J connectivity index is 3.28. The molecule has 0 aliphatic carbocycles. The number of anilines is 1. The fourth-order valence-corrected chi connectivity index (χ4v) is 5.46. The maximum absolute atomic E-state index is 11.6. The topological polar surface area (TPSA) is 20.3 Å². The van der Waals surface area contributed by atoms with Crippen LogP contribution < -0.4 is 4.90 Å². The number of carbonyl (C=O) groups excluding carboxylic acids is 1. The van der Waals surface area contributed by atoms with Crippen molar-refractivity contribution in [3.05, 3.63) is 35.5 Å². The summed E-state index contributed by atoms with van der Waals surface area (Å²) in [5.74, 6) is 0.0388. The number of rotatable bonds is 3. The van der Waals surface area contributed by atoms with Gasteiger partial charge in [0, 0.05) is 24.2 Å². The molecule has 0 heterocycles. The summed E-state index contributed by atoms with van der Waals surface area (Å²) in [6, 6.07) is 4.13. The van der Waals surface area contributed by atoms with Gasteiger partial charge in [-0.05, 0) is 79.9 Å². The van der Waals surface area contributed by atoms with Gasteiger partial charge >= 0.3 is 0 Å². The van der Waals surface area contributed by atoms with E-state index in [2.05, 4.69) is 86.5 Å². The Morgan fingerprint density at radius 3 is 2.25 bits per heavy atom. The zero-order chi connectivity index (χ0) is 12.3. The summed E-state index contributed by atoms with van der Waals surface area (Å²) in [7, 11) is 0. The maximum atomic E-state index is 11.6. The van der Waals surface area contributed by atoms with E-state index in [9.17, 15) is 4.79 Å². The number of hydrogen-bond donors (Lipinski definition) is 0. The second kappa shape index (κ2) is 6.53. The number of benzene rings is 1. The Hall–Kier alpha value is 0.620. The molecule has 1 rings (SSSR count). The zero-order valence-corrected chi connectivity index (χ0v) is 15.1. The second-order valence-corrected chi connectivity index (χ2v) is 6.71. The molecule has 0 fully saturated rings. The SMILES string of the molecule is C=CCN(C(C)=O)c1c(I)cc(I)cc1I. The molecule has 5 heteroatoms. The van der Waals surface area contributed by atoms with Gasteiger partial charge in [0.15, 0.2) is 0 Å². The minimum atomic E-state index is 0.0388. The van der Waals surface area contributed by atoms with Crippen LogP contribution in [-0.4, -0.2) is 12.5 Å². The Morgan fingerprint density at radius 2 is 1.88 bits per heavy atom. The highest BCUT2D eigenvalue weighted by atomic mass is 127. The molecule has 0 bridgehead atoms. The number of amides is 1. The molecule has 1 amide bonds. The Bertz CT molecular complexity index is 408. The Kier molecular flexibility index (Phi) is 5.99. The lowest BCUT2D eigenvalue weighted by atomic mass is 10.3. The van der Waals surface area contributed by atoms with Gasteiger partial charge in [-0.3, -0.25) is 4.79 Å². The molecule has 0 unspecified atom stereocenters. The van der Waals surface area contributed by atoms with Gasteiger partial charge in [-0.1, -0.05) is 6.08 Å². The minimum absolute atomic E-state index is 0.0388. The zero-order valence-electron chi connectivity index (χ0n) is 8.64. The predicted octanol–water partition coefficient (Wildman–Crippen LogP) is 4.04. The van der Waals surface area contributed by atoms with Crippen LogP contribution in [0, 0.1) is 10.7 Å². The number of halogens is 3. The normalized spacial score (nSPS) is 10.0. The van der Waals surface area contributed by atoms with Crippen molar-refractivity contribution in [2.24, 2.45) is 0 Å². The van der Waals surface area contributed by atoms with Crippen LogP contribution in [0.4, 0.5) is 5.69 Å². The van der Waals surface area contributed by atoms with Crippen molar-refractivity contribution in [3.8, 4) is 0 Å². The van der Waals surface area contributed by atoms with E-state index in [-0.39, 0.29) is 5.91 Å². The molecule has 1 aromatic rings. The highest BCUT2D eigenvalue weighted by molar-refractivity contribution is 14.1. The minimum Gasteiger partial charge on any atom is -0.307 e. The molecule has 0 saturated carbocycles. The first kappa shape index (κ1) is 14.7. The van der Waals surface area contributed by atoms with E-state index in [1.165, 1.54) is 3.57 Å². The molecule has 0 aliphatic heterocycles. The van der Waals surface area contributed by atoms with Crippen LogP contribution in [0.2, 0.25) is 0 Å². The van der Waals surface area contributed by atoms with E-state index in [0.717, 1.165) is 12.8 Å². The summed E-state index contributed by atoms with van der Waals surface area (Å²) in [5, 5.41) is 0. The van der Waals surface area contributed by atoms with E-state index in [1.807, 2.05) is 0 Å². The molecule has 0 aromatic heterocycles. The van der Waals surface area contributed by atoms with Gasteiger partial charge in [-0.2, -0.15) is 0 Å². The van der Waals surface area contributed by atoms with Crippen LogP contribution in [0.15, 0.2) is 24.8 Å². The summed E-state index contributed by atoms with van der Waals surface area (Å²) in [4.78, 5) is 13.3. The van der Waals surface area contributed by atoms with E-state index < -0.39 is 0 Å². The lowest BCUT2D eigenvalue weighted by Gasteiger charge is -2.22. The van der Waals surface area contributed by atoms with Crippen LogP contribution in [0.3, 0.4) is 0 Å². The van der Waals surface area contributed by atoms with Crippen molar-refractivity contribution in [1.82, 2.24) is 0 Å². The molecular weight excluding hydrogens is 543 g/mol. The van der Waals surface area contributed by atoms with Crippen LogP contribution in [0.25, 0.3) is 0 Å². The molecule has 2 nitrogen and oxygen atoms in total. The van der Waals surface area contributed by atoms with Gasteiger partial charge < -0.3 is 4.90 Å².